The summed E-state index contributed by atoms with van der Waals surface area (Å²) in [6, 6.07) is 14.1. The topological polar surface area (TPSA) is 78.1 Å². The average Bonchev–Trinajstić information content (AvgIpc) is 2.53. The van der Waals surface area contributed by atoms with E-state index in [1.807, 2.05) is 6.07 Å². The minimum atomic E-state index is -0.362. The molecule has 1 N–H and O–H groups in total. The summed E-state index contributed by atoms with van der Waals surface area (Å²) >= 11 is 0. The Hall–Kier alpha value is -3.00. The van der Waals surface area contributed by atoms with E-state index in [4.69, 9.17) is 5.26 Å². The van der Waals surface area contributed by atoms with Gasteiger partial charge in [-0.25, -0.2) is 5.43 Å². The number of nitriles is 1. The summed E-state index contributed by atoms with van der Waals surface area (Å²) in [5.41, 5.74) is 4.83. The van der Waals surface area contributed by atoms with Crippen LogP contribution in [0, 0.1) is 11.3 Å². The number of hydrazone groups is 1. The molecule has 5 nitrogen and oxygen atoms in total. The van der Waals surface area contributed by atoms with Crippen molar-refractivity contribution < 1.29 is 4.79 Å². The second-order valence-corrected chi connectivity index (χ2v) is 4.04. The Bertz CT molecular complexity index is 669. The Morgan fingerprint density at radius 1 is 1.25 bits per heavy atom. The van der Waals surface area contributed by atoms with Crippen molar-refractivity contribution in [2.24, 2.45) is 5.10 Å². The standard InChI is InChI=1S/C15H12N4O/c1-11(13-7-5-12(10-16)6-8-13)18-19-15(20)14-4-2-3-9-17-14/h2-9H,1H3,(H,19,20)/b18-11-. The molecule has 0 fully saturated rings. The molecule has 0 saturated heterocycles. The fourth-order valence-corrected chi connectivity index (χ4v) is 1.54. The Balaban J connectivity index is 2.07. The summed E-state index contributed by atoms with van der Waals surface area (Å²) in [6.45, 7) is 1.78. The molecular weight excluding hydrogens is 252 g/mol. The van der Waals surface area contributed by atoms with E-state index in [9.17, 15) is 4.79 Å². The number of amides is 1. The molecule has 98 valence electrons. The molecule has 0 aliphatic carbocycles. The van der Waals surface area contributed by atoms with Crippen LogP contribution in [0.5, 0.6) is 0 Å². The van der Waals surface area contributed by atoms with Gasteiger partial charge in [-0.05, 0) is 36.8 Å². The SMILES string of the molecule is C/C(=N/NC(=O)c1ccccn1)c1ccc(C#N)cc1. The zero-order valence-corrected chi connectivity index (χ0v) is 10.9. The maximum atomic E-state index is 11.8. The van der Waals surface area contributed by atoms with Gasteiger partial charge in [0.25, 0.3) is 5.91 Å². The molecule has 0 aliphatic rings. The number of carbonyl (C=O) groups excluding carboxylic acids is 1. The van der Waals surface area contributed by atoms with Gasteiger partial charge in [-0.15, -0.1) is 0 Å². The second kappa shape index (κ2) is 6.25. The number of nitrogens with one attached hydrogen (secondary N) is 1. The van der Waals surface area contributed by atoms with Crippen molar-refractivity contribution in [3.63, 3.8) is 0 Å². The summed E-state index contributed by atoms with van der Waals surface area (Å²) in [5, 5.41) is 12.7. The summed E-state index contributed by atoms with van der Waals surface area (Å²) in [5.74, 6) is -0.362. The van der Waals surface area contributed by atoms with Gasteiger partial charge in [-0.3, -0.25) is 9.78 Å². The van der Waals surface area contributed by atoms with E-state index in [-0.39, 0.29) is 5.91 Å². The Morgan fingerprint density at radius 3 is 2.60 bits per heavy atom. The number of rotatable bonds is 3. The fraction of sp³-hybridized carbons (Fsp3) is 0.0667. The van der Waals surface area contributed by atoms with E-state index < -0.39 is 0 Å². The largest absolute Gasteiger partial charge is 0.289 e. The van der Waals surface area contributed by atoms with Gasteiger partial charge in [-0.1, -0.05) is 18.2 Å². The first-order chi connectivity index (χ1) is 9.70. The normalized spacial score (nSPS) is 10.7. The molecule has 0 aliphatic heterocycles. The summed E-state index contributed by atoms with van der Waals surface area (Å²) in [4.78, 5) is 15.7. The molecule has 1 heterocycles. The zero-order chi connectivity index (χ0) is 14.4. The molecule has 0 unspecified atom stereocenters. The van der Waals surface area contributed by atoms with E-state index in [2.05, 4.69) is 15.5 Å². The molecule has 2 aromatic rings. The van der Waals surface area contributed by atoms with Crippen molar-refractivity contribution in [1.29, 1.82) is 5.26 Å². The Kier molecular flexibility index (Phi) is 4.20. The van der Waals surface area contributed by atoms with Gasteiger partial charge in [0.2, 0.25) is 0 Å². The molecule has 5 heteroatoms. The van der Waals surface area contributed by atoms with Crippen LogP contribution >= 0.6 is 0 Å². The third kappa shape index (κ3) is 3.27. The van der Waals surface area contributed by atoms with Gasteiger partial charge in [0.1, 0.15) is 5.69 Å². The van der Waals surface area contributed by atoms with E-state index >= 15 is 0 Å². The van der Waals surface area contributed by atoms with Crippen LogP contribution in [0.1, 0.15) is 28.5 Å². The Labute approximate surface area is 116 Å². The highest BCUT2D eigenvalue weighted by Gasteiger charge is 2.05. The van der Waals surface area contributed by atoms with Crippen molar-refractivity contribution in [1.82, 2.24) is 10.4 Å². The highest BCUT2D eigenvalue weighted by Crippen LogP contribution is 2.04. The zero-order valence-electron chi connectivity index (χ0n) is 10.9. The highest BCUT2D eigenvalue weighted by molar-refractivity contribution is 6.00. The second-order valence-electron chi connectivity index (χ2n) is 4.04. The first-order valence-corrected chi connectivity index (χ1v) is 5.97. The number of hydrogen-bond donors (Lipinski definition) is 1. The number of benzene rings is 1. The van der Waals surface area contributed by atoms with Crippen LogP contribution in [-0.2, 0) is 0 Å². The lowest BCUT2D eigenvalue weighted by Gasteiger charge is -2.02. The maximum Gasteiger partial charge on any atom is 0.289 e. The van der Waals surface area contributed by atoms with Crippen LogP contribution in [0.3, 0.4) is 0 Å². The fourth-order valence-electron chi connectivity index (χ4n) is 1.54. The van der Waals surface area contributed by atoms with Crippen molar-refractivity contribution in [2.75, 3.05) is 0 Å². The van der Waals surface area contributed by atoms with E-state index in [0.717, 1.165) is 5.56 Å². The number of aromatic nitrogens is 1. The predicted molar refractivity (Wildman–Crippen MR) is 75.1 cm³/mol. The first kappa shape index (κ1) is 13.4. The van der Waals surface area contributed by atoms with Crippen LogP contribution in [0.4, 0.5) is 0 Å². The molecule has 0 spiro atoms. The minimum absolute atomic E-state index is 0.309. The molecule has 0 radical (unpaired) electrons. The van der Waals surface area contributed by atoms with Gasteiger partial charge in [0, 0.05) is 6.20 Å². The quantitative estimate of drug-likeness (QED) is 0.681. The van der Waals surface area contributed by atoms with E-state index in [0.29, 0.717) is 17.0 Å². The molecule has 0 bridgehead atoms. The number of carbonyl (C=O) groups is 1. The minimum Gasteiger partial charge on any atom is -0.266 e. The molecule has 1 amide bonds. The van der Waals surface area contributed by atoms with Crippen LogP contribution in [0.2, 0.25) is 0 Å². The highest BCUT2D eigenvalue weighted by atomic mass is 16.2. The third-order valence-corrected chi connectivity index (χ3v) is 2.65. The summed E-state index contributed by atoms with van der Waals surface area (Å²) in [6.07, 6.45) is 1.55. The van der Waals surface area contributed by atoms with Gasteiger partial charge in [-0.2, -0.15) is 10.4 Å². The van der Waals surface area contributed by atoms with Gasteiger partial charge < -0.3 is 0 Å². The monoisotopic (exact) mass is 264 g/mol. The number of nitrogens with zero attached hydrogens (tertiary/aromatic N) is 3. The predicted octanol–water partition coefficient (Wildman–Crippen LogP) is 2.11. The van der Waals surface area contributed by atoms with Crippen LogP contribution in [-0.4, -0.2) is 16.6 Å². The van der Waals surface area contributed by atoms with Crippen LogP contribution in [0.25, 0.3) is 0 Å². The van der Waals surface area contributed by atoms with Crippen molar-refractivity contribution >= 4 is 11.6 Å². The molecule has 1 aromatic heterocycles. The van der Waals surface area contributed by atoms with Crippen LogP contribution in [0.15, 0.2) is 53.8 Å². The molecule has 0 atom stereocenters. The smallest absolute Gasteiger partial charge is 0.266 e. The van der Waals surface area contributed by atoms with E-state index in [1.54, 1.807) is 55.6 Å². The van der Waals surface area contributed by atoms with Gasteiger partial charge >= 0.3 is 0 Å². The van der Waals surface area contributed by atoms with Crippen molar-refractivity contribution in [2.45, 2.75) is 6.92 Å². The van der Waals surface area contributed by atoms with Crippen molar-refractivity contribution in [3.05, 3.63) is 65.5 Å². The molecule has 20 heavy (non-hydrogen) atoms. The lowest BCUT2D eigenvalue weighted by Crippen LogP contribution is -2.20. The lowest BCUT2D eigenvalue weighted by atomic mass is 10.1. The van der Waals surface area contributed by atoms with Gasteiger partial charge in [0.15, 0.2) is 0 Å². The molecular formula is C15H12N4O. The van der Waals surface area contributed by atoms with Crippen molar-refractivity contribution in [3.8, 4) is 6.07 Å². The summed E-state index contributed by atoms with van der Waals surface area (Å²) < 4.78 is 0. The van der Waals surface area contributed by atoms with Crippen LogP contribution < -0.4 is 5.43 Å². The summed E-state index contributed by atoms with van der Waals surface area (Å²) in [7, 11) is 0. The maximum absolute atomic E-state index is 11.8. The molecule has 2 rings (SSSR count). The van der Waals surface area contributed by atoms with E-state index in [1.165, 1.54) is 0 Å². The molecule has 0 saturated carbocycles. The van der Waals surface area contributed by atoms with Gasteiger partial charge in [0.05, 0.1) is 17.3 Å². The molecule has 1 aromatic carbocycles. The Morgan fingerprint density at radius 2 is 2.00 bits per heavy atom. The number of hydrogen-bond acceptors (Lipinski definition) is 4. The third-order valence-electron chi connectivity index (χ3n) is 2.65. The average molecular weight is 264 g/mol. The first-order valence-electron chi connectivity index (χ1n) is 5.97. The lowest BCUT2D eigenvalue weighted by molar-refractivity contribution is 0.0950. The number of pyridine rings is 1.